The monoisotopic (exact) mass is 239 g/mol. The third-order valence-corrected chi connectivity index (χ3v) is 2.36. The third kappa shape index (κ3) is 3.60. The van der Waals surface area contributed by atoms with Gasteiger partial charge >= 0.3 is 0 Å². The molecule has 0 unspecified atom stereocenters. The van der Waals surface area contributed by atoms with Crippen LogP contribution in [0, 0.1) is 10.1 Å². The van der Waals surface area contributed by atoms with Crippen molar-refractivity contribution in [2.45, 2.75) is 13.3 Å². The summed E-state index contributed by atoms with van der Waals surface area (Å²) in [6.45, 7) is 3.17. The number of hydrogen-bond donors (Lipinski definition) is 2. The third-order valence-electron chi connectivity index (χ3n) is 2.36. The van der Waals surface area contributed by atoms with Crippen molar-refractivity contribution in [3.63, 3.8) is 0 Å². The molecule has 0 atom stereocenters. The van der Waals surface area contributed by atoms with Gasteiger partial charge in [0.2, 0.25) is 0 Å². The van der Waals surface area contributed by atoms with Gasteiger partial charge < -0.3 is 15.7 Å². The number of aliphatic hydroxyl groups is 1. The molecule has 0 bridgehead atoms. The van der Waals surface area contributed by atoms with E-state index >= 15 is 0 Å². The largest absolute Gasteiger partial charge is 0.398 e. The van der Waals surface area contributed by atoms with Gasteiger partial charge in [0.1, 0.15) is 0 Å². The van der Waals surface area contributed by atoms with Crippen LogP contribution < -0.4 is 10.6 Å². The molecule has 6 nitrogen and oxygen atoms in total. The summed E-state index contributed by atoms with van der Waals surface area (Å²) in [5, 5.41) is 19.7. The van der Waals surface area contributed by atoms with Crippen LogP contribution in [-0.2, 0) is 0 Å². The van der Waals surface area contributed by atoms with Crippen LogP contribution in [0.1, 0.15) is 13.3 Å². The summed E-state index contributed by atoms with van der Waals surface area (Å²) in [5.41, 5.74) is 6.63. The highest BCUT2D eigenvalue weighted by atomic mass is 16.6. The van der Waals surface area contributed by atoms with Gasteiger partial charge in [-0.2, -0.15) is 0 Å². The van der Waals surface area contributed by atoms with E-state index in [1.54, 1.807) is 6.07 Å². The number of nitrogens with two attached hydrogens (primary N) is 1. The average Bonchev–Trinajstić information content (AvgIpc) is 2.28. The summed E-state index contributed by atoms with van der Waals surface area (Å²) in [7, 11) is 0. The molecule has 0 saturated heterocycles. The Morgan fingerprint density at radius 1 is 1.41 bits per heavy atom. The van der Waals surface area contributed by atoms with Crippen molar-refractivity contribution in [1.29, 1.82) is 0 Å². The molecule has 3 N–H and O–H groups in total. The SMILES string of the molecule is CCCN(CCO)c1cc(N)cc([N+](=O)[O-])c1. The van der Waals surface area contributed by atoms with Crippen molar-refractivity contribution in [1.82, 2.24) is 0 Å². The quantitative estimate of drug-likeness (QED) is 0.444. The number of nitro groups is 1. The lowest BCUT2D eigenvalue weighted by atomic mass is 10.2. The van der Waals surface area contributed by atoms with Crippen LogP contribution in [-0.4, -0.2) is 29.7 Å². The van der Waals surface area contributed by atoms with E-state index in [1.165, 1.54) is 12.1 Å². The van der Waals surface area contributed by atoms with Gasteiger partial charge in [-0.25, -0.2) is 0 Å². The maximum atomic E-state index is 10.7. The molecule has 6 heteroatoms. The highest BCUT2D eigenvalue weighted by molar-refractivity contribution is 5.62. The number of benzene rings is 1. The second-order valence-electron chi connectivity index (χ2n) is 3.75. The maximum Gasteiger partial charge on any atom is 0.273 e. The van der Waals surface area contributed by atoms with Gasteiger partial charge in [0, 0.05) is 36.6 Å². The van der Waals surface area contributed by atoms with E-state index in [4.69, 9.17) is 10.8 Å². The van der Waals surface area contributed by atoms with E-state index < -0.39 is 4.92 Å². The van der Waals surface area contributed by atoms with Crippen LogP contribution >= 0.6 is 0 Å². The first kappa shape index (κ1) is 13.2. The van der Waals surface area contributed by atoms with Crippen molar-refractivity contribution in [2.75, 3.05) is 30.3 Å². The molecule has 0 heterocycles. The highest BCUT2D eigenvalue weighted by Crippen LogP contribution is 2.25. The smallest absolute Gasteiger partial charge is 0.273 e. The predicted octanol–water partition coefficient (Wildman–Crippen LogP) is 1.39. The minimum Gasteiger partial charge on any atom is -0.398 e. The summed E-state index contributed by atoms with van der Waals surface area (Å²) >= 11 is 0. The highest BCUT2D eigenvalue weighted by Gasteiger charge is 2.12. The van der Waals surface area contributed by atoms with Crippen molar-refractivity contribution < 1.29 is 10.0 Å². The van der Waals surface area contributed by atoms with Gasteiger partial charge in [-0.15, -0.1) is 0 Å². The molecule has 0 fully saturated rings. The summed E-state index contributed by atoms with van der Waals surface area (Å²) < 4.78 is 0. The molecular weight excluding hydrogens is 222 g/mol. The summed E-state index contributed by atoms with van der Waals surface area (Å²) in [6, 6.07) is 4.48. The van der Waals surface area contributed by atoms with Crippen LogP contribution in [0.15, 0.2) is 18.2 Å². The van der Waals surface area contributed by atoms with Gasteiger partial charge in [0.05, 0.1) is 11.5 Å². The normalized spacial score (nSPS) is 10.2. The molecule has 0 amide bonds. The summed E-state index contributed by atoms with van der Waals surface area (Å²) in [6.07, 6.45) is 0.891. The number of nitrogen functional groups attached to an aromatic ring is 1. The Bertz CT molecular complexity index is 390. The van der Waals surface area contributed by atoms with Crippen molar-refractivity contribution in [2.24, 2.45) is 0 Å². The molecule has 17 heavy (non-hydrogen) atoms. The molecule has 0 radical (unpaired) electrons. The van der Waals surface area contributed by atoms with Gasteiger partial charge in [-0.1, -0.05) is 6.92 Å². The Balaban J connectivity index is 3.04. The molecule has 1 rings (SSSR count). The number of nitro benzene ring substituents is 1. The van der Waals surface area contributed by atoms with E-state index in [-0.39, 0.29) is 12.3 Å². The van der Waals surface area contributed by atoms with E-state index in [2.05, 4.69) is 0 Å². The summed E-state index contributed by atoms with van der Waals surface area (Å²) in [5.74, 6) is 0. The van der Waals surface area contributed by atoms with E-state index in [0.717, 1.165) is 13.0 Å². The predicted molar refractivity (Wildman–Crippen MR) is 67.1 cm³/mol. The van der Waals surface area contributed by atoms with Crippen molar-refractivity contribution >= 4 is 17.1 Å². The Hall–Kier alpha value is -1.82. The summed E-state index contributed by atoms with van der Waals surface area (Å²) in [4.78, 5) is 12.1. The van der Waals surface area contributed by atoms with Gasteiger partial charge in [0.25, 0.3) is 5.69 Å². The van der Waals surface area contributed by atoms with Crippen molar-refractivity contribution in [3.05, 3.63) is 28.3 Å². The molecule has 0 aromatic heterocycles. The van der Waals surface area contributed by atoms with Crippen LogP contribution in [0.3, 0.4) is 0 Å². The zero-order valence-electron chi connectivity index (χ0n) is 9.80. The zero-order valence-corrected chi connectivity index (χ0v) is 9.80. The number of anilines is 2. The Morgan fingerprint density at radius 3 is 2.65 bits per heavy atom. The van der Waals surface area contributed by atoms with Crippen LogP contribution in [0.4, 0.5) is 17.1 Å². The molecule has 0 aliphatic carbocycles. The lowest BCUT2D eigenvalue weighted by molar-refractivity contribution is -0.384. The van der Waals surface area contributed by atoms with E-state index in [0.29, 0.717) is 17.9 Å². The second kappa shape index (κ2) is 6.05. The van der Waals surface area contributed by atoms with Crippen molar-refractivity contribution in [3.8, 4) is 0 Å². The number of nitrogens with zero attached hydrogens (tertiary/aromatic N) is 2. The fraction of sp³-hybridized carbons (Fsp3) is 0.455. The van der Waals surface area contributed by atoms with Gasteiger partial charge in [-0.3, -0.25) is 10.1 Å². The topological polar surface area (TPSA) is 92.6 Å². The maximum absolute atomic E-state index is 10.7. The first-order valence-electron chi connectivity index (χ1n) is 5.49. The standard InChI is InChI=1S/C11H17N3O3/c1-2-3-13(4-5-15)10-6-9(12)7-11(8-10)14(16)17/h6-8,15H,2-5,12H2,1H3. The van der Waals surface area contributed by atoms with Gasteiger partial charge in [0.15, 0.2) is 0 Å². The Morgan fingerprint density at radius 2 is 2.12 bits per heavy atom. The lowest BCUT2D eigenvalue weighted by Crippen LogP contribution is -2.27. The molecule has 1 aromatic carbocycles. The molecule has 0 spiro atoms. The number of aliphatic hydroxyl groups excluding tert-OH is 1. The average molecular weight is 239 g/mol. The fourth-order valence-corrected chi connectivity index (χ4v) is 1.67. The Kier molecular flexibility index (Phi) is 4.71. The van der Waals surface area contributed by atoms with E-state index in [1.807, 2.05) is 11.8 Å². The molecule has 94 valence electrons. The molecule has 1 aromatic rings. The van der Waals surface area contributed by atoms with Crippen LogP contribution in [0.25, 0.3) is 0 Å². The minimum absolute atomic E-state index is 0.00258. The number of non-ortho nitro benzene ring substituents is 1. The first-order valence-corrected chi connectivity index (χ1v) is 5.49. The fourth-order valence-electron chi connectivity index (χ4n) is 1.67. The second-order valence-corrected chi connectivity index (χ2v) is 3.75. The van der Waals surface area contributed by atoms with Crippen LogP contribution in [0.5, 0.6) is 0 Å². The zero-order chi connectivity index (χ0) is 12.8. The molecular formula is C11H17N3O3. The molecule has 0 saturated carbocycles. The number of hydrogen-bond acceptors (Lipinski definition) is 5. The van der Waals surface area contributed by atoms with Crippen LogP contribution in [0.2, 0.25) is 0 Å². The molecule has 0 aliphatic rings. The molecule has 0 aliphatic heterocycles. The first-order chi connectivity index (χ1) is 8.08. The minimum atomic E-state index is -0.469. The van der Waals surface area contributed by atoms with E-state index in [9.17, 15) is 10.1 Å². The lowest BCUT2D eigenvalue weighted by Gasteiger charge is -2.23. The number of rotatable bonds is 6. The Labute approximate surface area is 99.8 Å². The van der Waals surface area contributed by atoms with Gasteiger partial charge in [-0.05, 0) is 12.5 Å².